The van der Waals surface area contributed by atoms with Crippen molar-refractivity contribution in [1.82, 2.24) is 0 Å². The molecule has 0 saturated heterocycles. The molecule has 0 aromatic heterocycles. The average molecular weight is 470 g/mol. The number of rotatable bonds is 7. The zero-order valence-electron chi connectivity index (χ0n) is 14.8. The Labute approximate surface area is 174 Å². The lowest BCUT2D eigenvalue weighted by Crippen LogP contribution is -2.25. The lowest BCUT2D eigenvalue weighted by Gasteiger charge is -2.08. The molecule has 30 heavy (non-hydrogen) atoms. The summed E-state index contributed by atoms with van der Waals surface area (Å²) in [5, 5.41) is 0. The molecule has 0 saturated carbocycles. The number of ether oxygens (including phenoxy) is 2. The number of thioether (sulfide) groups is 2. The minimum atomic E-state index is -5.03. The second kappa shape index (κ2) is 10.1. The van der Waals surface area contributed by atoms with Gasteiger partial charge in [-0.3, -0.25) is 0 Å². The van der Waals surface area contributed by atoms with Gasteiger partial charge < -0.3 is 9.47 Å². The summed E-state index contributed by atoms with van der Waals surface area (Å²) in [7, 11) is 0. The molecule has 12 heteroatoms. The van der Waals surface area contributed by atoms with Crippen LogP contribution in [-0.4, -0.2) is 36.2 Å². The Morgan fingerprint density at radius 3 is 1.20 bits per heavy atom. The summed E-state index contributed by atoms with van der Waals surface area (Å²) in [5.41, 5.74) is 1.57. The third kappa shape index (κ3) is 7.48. The molecular weight excluding hydrogens is 458 g/mol. The van der Waals surface area contributed by atoms with Crippen molar-refractivity contribution < 1.29 is 45.4 Å². The molecule has 2 aromatic rings. The molecule has 4 nitrogen and oxygen atoms in total. The maximum atomic E-state index is 12.0. The first-order valence-electron chi connectivity index (χ1n) is 7.91. The van der Waals surface area contributed by atoms with Gasteiger partial charge in [0.05, 0.1) is 0 Å². The Kier molecular flexibility index (Phi) is 8.07. The summed E-state index contributed by atoms with van der Waals surface area (Å²) in [6, 6.07) is 13.4. The topological polar surface area (TPSA) is 52.6 Å². The Morgan fingerprint density at radius 2 is 0.933 bits per heavy atom. The van der Waals surface area contributed by atoms with E-state index < -0.39 is 36.2 Å². The highest BCUT2D eigenvalue weighted by molar-refractivity contribution is 7.99. The number of alkyl halides is 6. The van der Waals surface area contributed by atoms with Crippen LogP contribution in [0.2, 0.25) is 0 Å². The first kappa shape index (κ1) is 23.9. The van der Waals surface area contributed by atoms with Crippen molar-refractivity contribution in [3.63, 3.8) is 0 Å². The van der Waals surface area contributed by atoms with Crippen molar-refractivity contribution in [1.29, 1.82) is 0 Å². The number of hydrogen-bond donors (Lipinski definition) is 0. The highest BCUT2D eigenvalue weighted by atomic mass is 32.2. The molecule has 0 aliphatic heterocycles. The van der Waals surface area contributed by atoms with E-state index in [-0.39, 0.29) is 0 Å². The highest BCUT2D eigenvalue weighted by Crippen LogP contribution is 2.28. The maximum absolute atomic E-state index is 12.0. The van der Waals surface area contributed by atoms with Crippen LogP contribution in [0.15, 0.2) is 58.3 Å². The summed E-state index contributed by atoms with van der Waals surface area (Å²) in [5.74, 6) is -5.47. The predicted octanol–water partition coefficient (Wildman–Crippen LogP) is 5.66. The molecule has 0 aliphatic rings. The summed E-state index contributed by atoms with van der Waals surface area (Å²) < 4.78 is 80.5. The fraction of sp³-hybridized carbons (Fsp3) is 0.222. The lowest BCUT2D eigenvalue weighted by molar-refractivity contribution is -0.197. The van der Waals surface area contributed by atoms with Gasteiger partial charge in [-0.05, 0) is 35.4 Å². The second-order valence-electron chi connectivity index (χ2n) is 5.43. The van der Waals surface area contributed by atoms with Crippen molar-refractivity contribution in [2.24, 2.45) is 0 Å². The van der Waals surface area contributed by atoms with E-state index >= 15 is 0 Å². The molecule has 0 heterocycles. The van der Waals surface area contributed by atoms with Crippen molar-refractivity contribution in [2.75, 3.05) is 11.9 Å². The summed E-state index contributed by atoms with van der Waals surface area (Å²) >= 11 is 1.83. The van der Waals surface area contributed by atoms with Gasteiger partial charge in [-0.25, -0.2) is 9.59 Å². The molecule has 0 fully saturated rings. The summed E-state index contributed by atoms with van der Waals surface area (Å²) in [6.45, 7) is 0. The molecule has 0 unspecified atom stereocenters. The minimum Gasteiger partial charge on any atom is -0.448 e. The zero-order valence-corrected chi connectivity index (χ0v) is 16.4. The first-order valence-corrected chi connectivity index (χ1v) is 9.88. The van der Waals surface area contributed by atoms with Crippen LogP contribution in [0.1, 0.15) is 0 Å². The number of carbonyl (C=O) groups excluding carboxylic acids is 2. The predicted molar refractivity (Wildman–Crippen MR) is 97.6 cm³/mol. The van der Waals surface area contributed by atoms with Crippen LogP contribution in [0.3, 0.4) is 0 Å². The fourth-order valence-corrected chi connectivity index (χ4v) is 3.21. The number of carbonyl (C=O) groups is 2. The Hall–Kier alpha value is -2.34. The first-order chi connectivity index (χ1) is 14.0. The van der Waals surface area contributed by atoms with Gasteiger partial charge in [0.1, 0.15) is 11.9 Å². The van der Waals surface area contributed by atoms with E-state index in [1.165, 1.54) is 0 Å². The smallest absolute Gasteiger partial charge is 0.448 e. The molecule has 2 aromatic carbocycles. The normalized spacial score (nSPS) is 11.8. The zero-order chi connectivity index (χ0) is 22.4. The third-order valence-corrected chi connectivity index (χ3v) is 5.02. The van der Waals surface area contributed by atoms with E-state index in [1.807, 2.05) is 0 Å². The van der Waals surface area contributed by atoms with Gasteiger partial charge in [-0.1, -0.05) is 47.8 Å². The van der Waals surface area contributed by atoms with E-state index in [4.69, 9.17) is 0 Å². The van der Waals surface area contributed by atoms with Gasteiger partial charge >= 0.3 is 24.3 Å². The van der Waals surface area contributed by atoms with Crippen LogP contribution >= 0.6 is 23.5 Å². The Bertz CT molecular complexity index is 791. The van der Waals surface area contributed by atoms with Gasteiger partial charge in [0.25, 0.3) is 0 Å². The van der Waals surface area contributed by atoms with E-state index in [0.717, 1.165) is 34.7 Å². The number of esters is 2. The summed E-state index contributed by atoms with van der Waals surface area (Å²) in [4.78, 5) is 22.4. The van der Waals surface area contributed by atoms with Crippen LogP contribution in [-0.2, 0) is 19.1 Å². The molecule has 0 aliphatic carbocycles. The summed E-state index contributed by atoms with van der Waals surface area (Å²) in [6.07, 6.45) is -10.1. The lowest BCUT2D eigenvalue weighted by atomic mass is 10.1. The molecule has 0 spiro atoms. The molecule has 0 atom stereocenters. The number of halogens is 6. The van der Waals surface area contributed by atoms with Gasteiger partial charge in [0.15, 0.2) is 0 Å². The van der Waals surface area contributed by atoms with Crippen LogP contribution < -0.4 is 0 Å². The second-order valence-corrected chi connectivity index (χ2v) is 7.42. The molecule has 0 bridgehead atoms. The van der Waals surface area contributed by atoms with Crippen LogP contribution in [0, 0.1) is 0 Å². The van der Waals surface area contributed by atoms with Gasteiger partial charge in [0, 0.05) is 9.79 Å². The standard InChI is InChI=1S/C18H12F6O4S2/c19-17(20,21)15(25)27-9-29-13-5-1-11(2-6-13)12-3-7-14(8-4-12)30-10-28-16(26)18(22,23)24/h1-8H,9-10H2. The molecule has 162 valence electrons. The quantitative estimate of drug-likeness (QED) is 0.225. The van der Waals surface area contributed by atoms with E-state index in [1.54, 1.807) is 48.5 Å². The monoisotopic (exact) mass is 470 g/mol. The SMILES string of the molecule is O=C(OCSc1ccc(-c2ccc(SCOC(=O)C(F)(F)F)cc2)cc1)C(F)(F)F. The minimum absolute atomic E-state index is 0.484. The number of hydrogen-bond acceptors (Lipinski definition) is 6. The molecular formula is C18H12F6O4S2. The third-order valence-electron chi connectivity index (χ3n) is 3.34. The highest BCUT2D eigenvalue weighted by Gasteiger charge is 2.41. The fourth-order valence-electron chi connectivity index (χ4n) is 1.95. The average Bonchev–Trinajstić information content (AvgIpc) is 2.67. The van der Waals surface area contributed by atoms with E-state index in [9.17, 15) is 35.9 Å². The maximum Gasteiger partial charge on any atom is 0.490 e. The Balaban J connectivity index is 1.85. The van der Waals surface area contributed by atoms with Crippen molar-refractivity contribution in [2.45, 2.75) is 22.1 Å². The van der Waals surface area contributed by atoms with Crippen molar-refractivity contribution in [3.05, 3.63) is 48.5 Å². The largest absolute Gasteiger partial charge is 0.490 e. The molecule has 0 radical (unpaired) electrons. The van der Waals surface area contributed by atoms with E-state index in [2.05, 4.69) is 9.47 Å². The van der Waals surface area contributed by atoms with Gasteiger partial charge in [0.2, 0.25) is 0 Å². The van der Waals surface area contributed by atoms with Crippen LogP contribution in [0.25, 0.3) is 11.1 Å². The van der Waals surface area contributed by atoms with Crippen LogP contribution in [0.5, 0.6) is 0 Å². The molecule has 0 N–H and O–H groups in total. The molecule has 2 rings (SSSR count). The van der Waals surface area contributed by atoms with Gasteiger partial charge in [-0.15, -0.1) is 0 Å². The van der Waals surface area contributed by atoms with E-state index in [0.29, 0.717) is 9.79 Å². The van der Waals surface area contributed by atoms with Crippen molar-refractivity contribution >= 4 is 35.5 Å². The number of benzene rings is 2. The Morgan fingerprint density at radius 1 is 0.633 bits per heavy atom. The van der Waals surface area contributed by atoms with Crippen molar-refractivity contribution in [3.8, 4) is 11.1 Å². The van der Waals surface area contributed by atoms with Gasteiger partial charge in [-0.2, -0.15) is 26.3 Å². The molecule has 0 amide bonds. The van der Waals surface area contributed by atoms with Crippen LogP contribution in [0.4, 0.5) is 26.3 Å².